The highest BCUT2D eigenvalue weighted by Gasteiger charge is 2.34. The summed E-state index contributed by atoms with van der Waals surface area (Å²) in [6.45, 7) is 2.73. The van der Waals surface area contributed by atoms with Crippen molar-refractivity contribution in [3.63, 3.8) is 0 Å². The molecule has 15 heavy (non-hydrogen) atoms. The van der Waals surface area contributed by atoms with Crippen LogP contribution in [0.25, 0.3) is 0 Å². The number of halogens is 1. The quantitative estimate of drug-likeness (QED) is 0.752. The first kappa shape index (κ1) is 14.2. The van der Waals surface area contributed by atoms with Crippen LogP contribution in [0.4, 0.5) is 0 Å². The predicted molar refractivity (Wildman–Crippen MR) is 56.3 cm³/mol. The van der Waals surface area contributed by atoms with E-state index in [4.69, 9.17) is 10.2 Å². The number of aliphatic carboxylic acids is 2. The molecule has 2 atom stereocenters. The van der Waals surface area contributed by atoms with Crippen molar-refractivity contribution in [2.45, 2.75) is 25.8 Å². The number of carbonyl (C=O) groups is 2. The van der Waals surface area contributed by atoms with Gasteiger partial charge < -0.3 is 10.2 Å². The van der Waals surface area contributed by atoms with Crippen LogP contribution in [-0.2, 0) is 9.59 Å². The molecule has 0 aromatic carbocycles. The van der Waals surface area contributed by atoms with Crippen molar-refractivity contribution in [3.05, 3.63) is 0 Å². The minimum Gasteiger partial charge on any atom is -0.481 e. The Kier molecular flexibility index (Phi) is 5.60. The van der Waals surface area contributed by atoms with Crippen molar-refractivity contribution >= 4 is 24.3 Å². The van der Waals surface area contributed by atoms with Crippen molar-refractivity contribution in [2.75, 3.05) is 13.1 Å². The fraction of sp³-hybridized carbons (Fsp3) is 0.778. The molecule has 1 saturated heterocycles. The van der Waals surface area contributed by atoms with E-state index < -0.39 is 23.9 Å². The van der Waals surface area contributed by atoms with Gasteiger partial charge in [-0.2, -0.15) is 0 Å². The molecule has 0 aromatic heterocycles. The lowest BCUT2D eigenvalue weighted by Gasteiger charge is -2.22. The molecule has 6 heteroatoms. The van der Waals surface area contributed by atoms with Gasteiger partial charge in [0.2, 0.25) is 0 Å². The minimum absolute atomic E-state index is 0. The van der Waals surface area contributed by atoms with Gasteiger partial charge in [-0.05, 0) is 19.4 Å². The van der Waals surface area contributed by atoms with Crippen molar-refractivity contribution in [3.8, 4) is 0 Å². The maximum Gasteiger partial charge on any atom is 0.320 e. The Balaban J connectivity index is 0.00000196. The lowest BCUT2D eigenvalue weighted by Crippen LogP contribution is -2.39. The summed E-state index contributed by atoms with van der Waals surface area (Å²) in [5, 5.41) is 17.6. The fourth-order valence-electron chi connectivity index (χ4n) is 1.86. The third-order valence-electron chi connectivity index (χ3n) is 2.68. The SMILES string of the molecule is CCC(C(=O)O)N1CCC(C(=O)O)C1.Cl. The van der Waals surface area contributed by atoms with Gasteiger partial charge >= 0.3 is 11.9 Å². The molecule has 0 aliphatic carbocycles. The van der Waals surface area contributed by atoms with Crippen molar-refractivity contribution < 1.29 is 19.8 Å². The molecule has 88 valence electrons. The highest BCUT2D eigenvalue weighted by molar-refractivity contribution is 5.85. The molecule has 0 saturated carbocycles. The van der Waals surface area contributed by atoms with E-state index in [-0.39, 0.29) is 12.4 Å². The van der Waals surface area contributed by atoms with E-state index in [0.29, 0.717) is 25.9 Å². The van der Waals surface area contributed by atoms with Crippen LogP contribution in [0.1, 0.15) is 19.8 Å². The van der Waals surface area contributed by atoms with Crippen LogP contribution < -0.4 is 0 Å². The van der Waals surface area contributed by atoms with E-state index in [1.54, 1.807) is 11.8 Å². The standard InChI is InChI=1S/C9H15NO4.ClH/c1-2-7(9(13)14)10-4-3-6(5-10)8(11)12;/h6-7H,2-5H2,1H3,(H,11,12)(H,13,14);1H. The van der Waals surface area contributed by atoms with Gasteiger partial charge in [0, 0.05) is 6.54 Å². The smallest absolute Gasteiger partial charge is 0.320 e. The number of likely N-dealkylation sites (tertiary alicyclic amines) is 1. The maximum atomic E-state index is 10.8. The summed E-state index contributed by atoms with van der Waals surface area (Å²) in [5.41, 5.74) is 0. The topological polar surface area (TPSA) is 77.8 Å². The van der Waals surface area contributed by atoms with Gasteiger partial charge in [-0.3, -0.25) is 14.5 Å². The van der Waals surface area contributed by atoms with Crippen molar-refractivity contribution in [2.24, 2.45) is 5.92 Å². The van der Waals surface area contributed by atoms with E-state index in [1.165, 1.54) is 0 Å². The highest BCUT2D eigenvalue weighted by atomic mass is 35.5. The monoisotopic (exact) mass is 237 g/mol. The van der Waals surface area contributed by atoms with Gasteiger partial charge in [0.05, 0.1) is 5.92 Å². The average molecular weight is 238 g/mol. The minimum atomic E-state index is -0.862. The maximum absolute atomic E-state index is 10.8. The summed E-state index contributed by atoms with van der Waals surface area (Å²) in [6.07, 6.45) is 1.07. The molecule has 0 aromatic rings. The second-order valence-electron chi connectivity index (χ2n) is 3.58. The molecular formula is C9H16ClNO4. The molecule has 1 fully saturated rings. The van der Waals surface area contributed by atoms with Gasteiger partial charge in [0.25, 0.3) is 0 Å². The normalized spacial score (nSPS) is 23.1. The first-order chi connectivity index (χ1) is 6.56. The van der Waals surface area contributed by atoms with E-state index in [0.717, 1.165) is 0 Å². The first-order valence-corrected chi connectivity index (χ1v) is 4.76. The Labute approximate surface area is 94.5 Å². The molecule has 1 rings (SSSR count). The summed E-state index contributed by atoms with van der Waals surface area (Å²) >= 11 is 0. The number of hydrogen-bond acceptors (Lipinski definition) is 3. The zero-order chi connectivity index (χ0) is 10.7. The van der Waals surface area contributed by atoms with Crippen LogP contribution in [0, 0.1) is 5.92 Å². The van der Waals surface area contributed by atoms with Crippen LogP contribution in [0.15, 0.2) is 0 Å². The molecule has 2 unspecified atom stereocenters. The second kappa shape index (κ2) is 5.92. The Hall–Kier alpha value is -0.810. The van der Waals surface area contributed by atoms with Gasteiger partial charge in [0.15, 0.2) is 0 Å². The molecular weight excluding hydrogens is 222 g/mol. The van der Waals surface area contributed by atoms with Crippen LogP contribution in [0.2, 0.25) is 0 Å². The lowest BCUT2D eigenvalue weighted by molar-refractivity contribution is -0.145. The van der Waals surface area contributed by atoms with E-state index in [9.17, 15) is 9.59 Å². The van der Waals surface area contributed by atoms with Gasteiger partial charge in [-0.25, -0.2) is 0 Å². The summed E-state index contributed by atoms with van der Waals surface area (Å²) in [4.78, 5) is 23.2. The average Bonchev–Trinajstić information content (AvgIpc) is 2.53. The van der Waals surface area contributed by atoms with E-state index >= 15 is 0 Å². The van der Waals surface area contributed by atoms with Crippen molar-refractivity contribution in [1.29, 1.82) is 0 Å². The molecule has 5 nitrogen and oxygen atoms in total. The molecule has 1 heterocycles. The highest BCUT2D eigenvalue weighted by Crippen LogP contribution is 2.20. The van der Waals surface area contributed by atoms with Crippen LogP contribution >= 0.6 is 12.4 Å². The summed E-state index contributed by atoms with van der Waals surface area (Å²) in [7, 11) is 0. The fourth-order valence-corrected chi connectivity index (χ4v) is 1.86. The number of rotatable bonds is 4. The van der Waals surface area contributed by atoms with Crippen molar-refractivity contribution in [1.82, 2.24) is 4.90 Å². The third kappa shape index (κ3) is 3.35. The van der Waals surface area contributed by atoms with Crippen LogP contribution in [0.3, 0.4) is 0 Å². The number of hydrogen-bond donors (Lipinski definition) is 2. The predicted octanol–water partition coefficient (Wildman–Crippen LogP) is 0.678. The summed E-state index contributed by atoms with van der Waals surface area (Å²) < 4.78 is 0. The molecule has 0 bridgehead atoms. The van der Waals surface area contributed by atoms with E-state index in [1.807, 2.05) is 0 Å². The summed E-state index contributed by atoms with van der Waals surface area (Å²) in [6, 6.07) is -0.528. The van der Waals surface area contributed by atoms with Crippen LogP contribution in [-0.4, -0.2) is 46.2 Å². The first-order valence-electron chi connectivity index (χ1n) is 4.76. The molecule has 0 radical (unpaired) electrons. The summed E-state index contributed by atoms with van der Waals surface area (Å²) in [5.74, 6) is -2.09. The molecule has 0 amide bonds. The Bertz CT molecular complexity index is 246. The Morgan fingerprint density at radius 1 is 1.47 bits per heavy atom. The number of nitrogens with zero attached hydrogens (tertiary/aromatic N) is 1. The third-order valence-corrected chi connectivity index (χ3v) is 2.68. The van der Waals surface area contributed by atoms with Gasteiger partial charge in [-0.1, -0.05) is 6.92 Å². The molecule has 1 aliphatic heterocycles. The molecule has 1 aliphatic rings. The Morgan fingerprint density at radius 3 is 2.40 bits per heavy atom. The second-order valence-corrected chi connectivity index (χ2v) is 3.58. The van der Waals surface area contributed by atoms with Gasteiger partial charge in [0.1, 0.15) is 6.04 Å². The molecule has 0 spiro atoms. The zero-order valence-electron chi connectivity index (χ0n) is 8.55. The van der Waals surface area contributed by atoms with Crippen LogP contribution in [0.5, 0.6) is 0 Å². The largest absolute Gasteiger partial charge is 0.481 e. The lowest BCUT2D eigenvalue weighted by atomic mass is 10.1. The van der Waals surface area contributed by atoms with E-state index in [2.05, 4.69) is 0 Å². The number of carboxylic acids is 2. The Morgan fingerprint density at radius 2 is 2.07 bits per heavy atom. The zero-order valence-corrected chi connectivity index (χ0v) is 9.37. The van der Waals surface area contributed by atoms with Gasteiger partial charge in [-0.15, -0.1) is 12.4 Å². The molecule has 2 N–H and O–H groups in total. The number of carboxylic acid groups (broad SMARTS) is 2.